The normalized spacial score (nSPS) is 14.0. The zero-order valence-corrected chi connectivity index (χ0v) is 18.7. The number of rotatable bonds is 4. The van der Waals surface area contributed by atoms with Gasteiger partial charge in [0.1, 0.15) is 21.2 Å². The van der Waals surface area contributed by atoms with E-state index >= 15 is 0 Å². The minimum absolute atomic E-state index is 0.315. The third-order valence-corrected chi connectivity index (χ3v) is 4.52. The maximum Gasteiger partial charge on any atom is 0.410 e. The Bertz CT molecular complexity index is 770. The highest BCUT2D eigenvalue weighted by molar-refractivity contribution is 9.10. The van der Waals surface area contributed by atoms with Crippen molar-refractivity contribution in [1.82, 2.24) is 25.1 Å². The van der Waals surface area contributed by atoms with Crippen molar-refractivity contribution in [3.05, 3.63) is 10.8 Å². The van der Waals surface area contributed by atoms with Gasteiger partial charge in [0.05, 0.1) is 12.8 Å². The second-order valence-electron chi connectivity index (χ2n) is 7.53. The van der Waals surface area contributed by atoms with Crippen LogP contribution in [0.2, 0.25) is 0 Å². The Morgan fingerprint density at radius 2 is 2.04 bits per heavy atom. The fourth-order valence-electron chi connectivity index (χ4n) is 2.50. The third-order valence-electron chi connectivity index (χ3n) is 3.96. The molecule has 0 saturated carbocycles. The van der Waals surface area contributed by atoms with Gasteiger partial charge in [0.25, 0.3) is 0 Å². The van der Waals surface area contributed by atoms with Crippen molar-refractivity contribution >= 4 is 39.0 Å². The molecule has 2 aromatic heterocycles. The Morgan fingerprint density at radius 3 is 2.64 bits per heavy atom. The number of hydrogen-bond acceptors (Lipinski definition) is 7. The van der Waals surface area contributed by atoms with Gasteiger partial charge in [-0.2, -0.15) is 5.10 Å². The second kappa shape index (κ2) is 10.0. The molecule has 0 spiro atoms. The maximum absolute atomic E-state index is 11.3. The number of aromatic nitrogens is 4. The summed E-state index contributed by atoms with van der Waals surface area (Å²) in [5.41, 5.74) is 1.22. The van der Waals surface area contributed by atoms with Crippen LogP contribution in [0, 0.1) is 0 Å². The van der Waals surface area contributed by atoms with E-state index in [4.69, 9.17) is 9.47 Å². The summed E-state index contributed by atoms with van der Waals surface area (Å²) in [6, 6.07) is 0. The number of hydrogen-bond donors (Lipinski definition) is 1. The molecular weight excluding hydrogens is 428 g/mol. The number of methoxy groups -OCH3 is 1. The second-order valence-corrected chi connectivity index (χ2v) is 8.32. The summed E-state index contributed by atoms with van der Waals surface area (Å²) in [5.74, 6) is 0.808. The smallest absolute Gasteiger partial charge is 0.410 e. The van der Waals surface area contributed by atoms with E-state index in [1.807, 2.05) is 20.8 Å². The summed E-state index contributed by atoms with van der Waals surface area (Å²) < 4.78 is 10.8. The number of carbonyl (C=O) groups excluding carboxylic acids is 1. The monoisotopic (exact) mass is 456 g/mol. The van der Waals surface area contributed by atoms with Crippen molar-refractivity contribution < 1.29 is 14.3 Å². The summed E-state index contributed by atoms with van der Waals surface area (Å²) in [6.45, 7) is 8.71. The first kappa shape index (κ1) is 22.4. The number of nitrogens with zero attached hydrogens (tertiary/aromatic N) is 5. The molecule has 1 aliphatic rings. The lowest BCUT2D eigenvalue weighted by atomic mass is 10.2. The van der Waals surface area contributed by atoms with Crippen LogP contribution in [0.4, 0.5) is 10.7 Å². The van der Waals surface area contributed by atoms with Crippen molar-refractivity contribution in [1.29, 1.82) is 0 Å². The quantitative estimate of drug-likeness (QED) is 0.753. The number of aromatic amines is 1. The van der Waals surface area contributed by atoms with Gasteiger partial charge in [-0.25, -0.2) is 14.8 Å². The maximum atomic E-state index is 11.3. The molecule has 0 radical (unpaired) electrons. The Kier molecular flexibility index (Phi) is 7.99. The number of halogens is 1. The number of anilines is 1. The van der Waals surface area contributed by atoms with Gasteiger partial charge in [0.2, 0.25) is 5.95 Å². The Labute approximate surface area is 173 Å². The molecule has 3 rings (SSSR count). The highest BCUT2D eigenvalue weighted by atomic mass is 79.9. The Hall–Kier alpha value is -1.94. The minimum atomic E-state index is -0.432. The van der Waals surface area contributed by atoms with E-state index in [0.717, 1.165) is 34.7 Å². The molecule has 1 N–H and O–H groups in total. The molecule has 1 fully saturated rings. The lowest BCUT2D eigenvalue weighted by Gasteiger charge is -2.24. The molecular formula is C18H29BrN6O3. The van der Waals surface area contributed by atoms with E-state index in [-0.39, 0.29) is 6.09 Å². The third kappa shape index (κ3) is 6.59. The first-order valence-electron chi connectivity index (χ1n) is 9.26. The van der Waals surface area contributed by atoms with Crippen molar-refractivity contribution in [2.24, 2.45) is 0 Å². The average Bonchev–Trinajstić information content (AvgIpc) is 3.29. The summed E-state index contributed by atoms with van der Waals surface area (Å²) in [6.07, 6.45) is 3.91. The van der Waals surface area contributed by atoms with Crippen LogP contribution in [0.15, 0.2) is 10.8 Å². The van der Waals surface area contributed by atoms with Crippen molar-refractivity contribution in [2.45, 2.75) is 39.2 Å². The fourth-order valence-corrected chi connectivity index (χ4v) is 2.88. The molecule has 0 bridgehead atoms. The molecule has 156 valence electrons. The van der Waals surface area contributed by atoms with Gasteiger partial charge >= 0.3 is 6.09 Å². The van der Waals surface area contributed by atoms with Crippen molar-refractivity contribution in [3.8, 4) is 0 Å². The van der Waals surface area contributed by atoms with Crippen LogP contribution in [0.5, 0.6) is 0 Å². The molecule has 0 aliphatic carbocycles. The van der Waals surface area contributed by atoms with E-state index in [1.54, 1.807) is 20.4 Å². The number of nitrogens with one attached hydrogen (secondary N) is 1. The SMILES string of the molecule is Brc1[nH]nc2cnc(N3CCCC3)nc12.COCCN(C)C(=O)OC(C)(C)C. The predicted molar refractivity (Wildman–Crippen MR) is 112 cm³/mol. The molecule has 2 aromatic rings. The number of fused-ring (bicyclic) bond motifs is 1. The molecule has 28 heavy (non-hydrogen) atoms. The topological polar surface area (TPSA) is 96.5 Å². The van der Waals surface area contributed by atoms with Gasteiger partial charge in [0, 0.05) is 33.8 Å². The van der Waals surface area contributed by atoms with E-state index in [0.29, 0.717) is 13.2 Å². The predicted octanol–water partition coefficient (Wildman–Crippen LogP) is 3.22. The van der Waals surface area contributed by atoms with Crippen molar-refractivity contribution in [2.75, 3.05) is 45.3 Å². The molecule has 1 saturated heterocycles. The average molecular weight is 457 g/mol. The summed E-state index contributed by atoms with van der Waals surface area (Å²) in [7, 11) is 3.29. The number of H-pyrrole nitrogens is 1. The molecule has 1 amide bonds. The van der Waals surface area contributed by atoms with Crippen LogP contribution >= 0.6 is 15.9 Å². The lowest BCUT2D eigenvalue weighted by Crippen LogP contribution is -2.35. The first-order valence-corrected chi connectivity index (χ1v) is 10.0. The van der Waals surface area contributed by atoms with Crippen LogP contribution in [0.3, 0.4) is 0 Å². The van der Waals surface area contributed by atoms with Crippen LogP contribution in [-0.4, -0.2) is 77.2 Å². The molecule has 0 aromatic carbocycles. The van der Waals surface area contributed by atoms with E-state index in [9.17, 15) is 4.79 Å². The highest BCUT2D eigenvalue weighted by Crippen LogP contribution is 2.22. The standard InChI is InChI=1S/C9H10BrN5.C9H19NO3/c10-8-7-6(13-14-8)5-11-9(12-7)15-3-1-2-4-15;1-9(2,3)13-8(11)10(4)6-7-12-5/h5H,1-4H2,(H,13,14);6-7H2,1-5H3. The van der Waals surface area contributed by atoms with Gasteiger partial charge < -0.3 is 19.3 Å². The lowest BCUT2D eigenvalue weighted by molar-refractivity contribution is 0.0256. The van der Waals surface area contributed by atoms with E-state index in [1.165, 1.54) is 17.7 Å². The number of ether oxygens (including phenoxy) is 2. The Balaban J connectivity index is 0.000000204. The number of amides is 1. The zero-order chi connectivity index (χ0) is 20.7. The van der Waals surface area contributed by atoms with Crippen LogP contribution in [0.25, 0.3) is 11.0 Å². The van der Waals surface area contributed by atoms with Crippen LogP contribution in [0.1, 0.15) is 33.6 Å². The number of likely N-dealkylation sites (N-methyl/N-ethyl adjacent to an activating group) is 1. The number of carbonyl (C=O) groups is 1. The minimum Gasteiger partial charge on any atom is -0.444 e. The van der Waals surface area contributed by atoms with Gasteiger partial charge in [-0.3, -0.25) is 5.10 Å². The summed E-state index contributed by atoms with van der Waals surface area (Å²) in [4.78, 5) is 23.8. The van der Waals surface area contributed by atoms with Crippen molar-refractivity contribution in [3.63, 3.8) is 0 Å². The van der Waals surface area contributed by atoms with Gasteiger partial charge in [-0.1, -0.05) is 0 Å². The highest BCUT2D eigenvalue weighted by Gasteiger charge is 2.19. The van der Waals surface area contributed by atoms with E-state index < -0.39 is 5.60 Å². The molecule has 9 nitrogen and oxygen atoms in total. The molecule has 1 aliphatic heterocycles. The summed E-state index contributed by atoms with van der Waals surface area (Å²) >= 11 is 3.38. The van der Waals surface area contributed by atoms with Crippen LogP contribution < -0.4 is 4.90 Å². The van der Waals surface area contributed by atoms with Gasteiger partial charge in [-0.15, -0.1) is 0 Å². The first-order chi connectivity index (χ1) is 13.2. The molecule has 3 heterocycles. The summed E-state index contributed by atoms with van der Waals surface area (Å²) in [5, 5.41) is 6.91. The molecule has 0 unspecified atom stereocenters. The zero-order valence-electron chi connectivity index (χ0n) is 17.2. The molecule has 10 heteroatoms. The van der Waals surface area contributed by atoms with Crippen LogP contribution in [-0.2, 0) is 9.47 Å². The molecule has 0 atom stereocenters. The van der Waals surface area contributed by atoms with Gasteiger partial charge in [-0.05, 0) is 49.5 Å². The van der Waals surface area contributed by atoms with E-state index in [2.05, 4.69) is 41.0 Å². The largest absolute Gasteiger partial charge is 0.444 e. The Morgan fingerprint density at radius 1 is 1.36 bits per heavy atom. The van der Waals surface area contributed by atoms with Gasteiger partial charge in [0.15, 0.2) is 0 Å². The fraction of sp³-hybridized carbons (Fsp3) is 0.667.